The Balaban J connectivity index is 1.74. The van der Waals surface area contributed by atoms with E-state index in [2.05, 4.69) is 23.5 Å². The molecule has 0 aromatic carbocycles. The summed E-state index contributed by atoms with van der Waals surface area (Å²) in [4.78, 5) is 0. The van der Waals surface area contributed by atoms with Gasteiger partial charge in [-0.3, -0.25) is 4.68 Å². The van der Waals surface area contributed by atoms with Crippen LogP contribution in [-0.2, 0) is 11.3 Å². The maximum Gasteiger partial charge on any atom is 0.0726 e. The second kappa shape index (κ2) is 6.78. The molecule has 0 radical (unpaired) electrons. The minimum absolute atomic E-state index is 0.710. The summed E-state index contributed by atoms with van der Waals surface area (Å²) >= 11 is 0. The molecule has 0 spiro atoms. The van der Waals surface area contributed by atoms with Crippen molar-refractivity contribution in [2.45, 2.75) is 39.2 Å². The molecule has 1 aromatic heterocycles. The first-order chi connectivity index (χ1) is 8.78. The molecule has 1 saturated carbocycles. The van der Waals surface area contributed by atoms with Gasteiger partial charge >= 0.3 is 0 Å². The summed E-state index contributed by atoms with van der Waals surface area (Å²) in [5, 5.41) is 7.81. The highest BCUT2D eigenvalue weighted by atomic mass is 16.5. The van der Waals surface area contributed by atoms with Crippen LogP contribution < -0.4 is 5.32 Å². The quantitative estimate of drug-likeness (QED) is 0.845. The molecule has 0 aliphatic heterocycles. The van der Waals surface area contributed by atoms with Crippen molar-refractivity contribution in [3.63, 3.8) is 0 Å². The van der Waals surface area contributed by atoms with Gasteiger partial charge in [0.25, 0.3) is 0 Å². The molecular weight excluding hydrogens is 226 g/mol. The first-order valence-electron chi connectivity index (χ1n) is 7.03. The normalized spacial score (nSPS) is 24.1. The van der Waals surface area contributed by atoms with Gasteiger partial charge in [-0.05, 0) is 24.7 Å². The standard InChI is InChI=1S/C14H25N3O/c1-12-4-3-5-13(8-12)9-15-14-10-16-17(11-14)6-7-18-2/h10-13,15H,3-9H2,1-2H3. The Bertz CT molecular complexity index is 351. The van der Waals surface area contributed by atoms with Gasteiger partial charge in [-0.2, -0.15) is 5.10 Å². The number of nitrogens with zero attached hydrogens (tertiary/aromatic N) is 2. The fourth-order valence-electron chi connectivity index (χ4n) is 2.77. The van der Waals surface area contributed by atoms with Crippen LogP contribution in [0.1, 0.15) is 32.6 Å². The number of nitrogens with one attached hydrogen (secondary N) is 1. The monoisotopic (exact) mass is 251 g/mol. The lowest BCUT2D eigenvalue weighted by atomic mass is 9.82. The molecule has 0 bridgehead atoms. The van der Waals surface area contributed by atoms with Gasteiger partial charge in [0.15, 0.2) is 0 Å². The third kappa shape index (κ3) is 4.02. The lowest BCUT2D eigenvalue weighted by Crippen LogP contribution is -2.20. The molecule has 1 heterocycles. The Morgan fingerprint density at radius 1 is 1.50 bits per heavy atom. The summed E-state index contributed by atoms with van der Waals surface area (Å²) in [5.41, 5.74) is 1.13. The van der Waals surface area contributed by atoms with E-state index >= 15 is 0 Å². The van der Waals surface area contributed by atoms with E-state index in [9.17, 15) is 0 Å². The molecule has 1 N–H and O–H groups in total. The molecule has 4 nitrogen and oxygen atoms in total. The van der Waals surface area contributed by atoms with Crippen LogP contribution in [0.4, 0.5) is 5.69 Å². The number of hydrogen-bond donors (Lipinski definition) is 1. The zero-order chi connectivity index (χ0) is 12.8. The average Bonchev–Trinajstić information content (AvgIpc) is 2.82. The Labute approximate surface area is 110 Å². The number of hydrogen-bond acceptors (Lipinski definition) is 3. The summed E-state index contributed by atoms with van der Waals surface area (Å²) in [6, 6.07) is 0. The predicted octanol–water partition coefficient (Wildman–Crippen LogP) is 2.77. The van der Waals surface area contributed by atoms with Gasteiger partial charge < -0.3 is 10.1 Å². The van der Waals surface area contributed by atoms with E-state index in [1.165, 1.54) is 25.7 Å². The van der Waals surface area contributed by atoms with E-state index < -0.39 is 0 Å². The second-order valence-corrected chi connectivity index (χ2v) is 5.50. The molecule has 18 heavy (non-hydrogen) atoms. The number of rotatable bonds is 6. The number of ether oxygens (including phenoxy) is 1. The minimum atomic E-state index is 0.710. The lowest BCUT2D eigenvalue weighted by Gasteiger charge is -2.26. The molecule has 2 unspecified atom stereocenters. The van der Waals surface area contributed by atoms with Crippen molar-refractivity contribution in [3.8, 4) is 0 Å². The Morgan fingerprint density at radius 3 is 3.17 bits per heavy atom. The molecule has 2 rings (SSSR count). The highest BCUT2D eigenvalue weighted by Gasteiger charge is 2.18. The Hall–Kier alpha value is -1.03. The minimum Gasteiger partial charge on any atom is -0.383 e. The number of methoxy groups -OCH3 is 1. The van der Waals surface area contributed by atoms with Gasteiger partial charge in [-0.1, -0.05) is 19.8 Å². The number of aromatic nitrogens is 2. The van der Waals surface area contributed by atoms with Gasteiger partial charge in [-0.25, -0.2) is 0 Å². The largest absolute Gasteiger partial charge is 0.383 e. The molecule has 1 fully saturated rings. The average molecular weight is 251 g/mol. The predicted molar refractivity (Wildman–Crippen MR) is 73.7 cm³/mol. The van der Waals surface area contributed by atoms with Gasteiger partial charge in [0, 0.05) is 19.9 Å². The molecule has 1 aromatic rings. The summed E-state index contributed by atoms with van der Waals surface area (Å²) in [6.07, 6.45) is 9.50. The van der Waals surface area contributed by atoms with Crippen LogP contribution in [-0.4, -0.2) is 30.0 Å². The summed E-state index contributed by atoms with van der Waals surface area (Å²) in [7, 11) is 1.72. The van der Waals surface area contributed by atoms with Crippen LogP contribution in [0.25, 0.3) is 0 Å². The zero-order valence-corrected chi connectivity index (χ0v) is 11.6. The van der Waals surface area contributed by atoms with E-state index in [0.717, 1.165) is 30.6 Å². The van der Waals surface area contributed by atoms with Crippen LogP contribution in [0.2, 0.25) is 0 Å². The van der Waals surface area contributed by atoms with Crippen molar-refractivity contribution < 1.29 is 4.74 Å². The number of anilines is 1. The van der Waals surface area contributed by atoms with Crippen molar-refractivity contribution >= 4 is 5.69 Å². The SMILES string of the molecule is COCCn1cc(NCC2CCCC(C)C2)cn1. The van der Waals surface area contributed by atoms with Crippen LogP contribution in [0, 0.1) is 11.8 Å². The van der Waals surface area contributed by atoms with Crippen molar-refractivity contribution in [2.75, 3.05) is 25.6 Å². The second-order valence-electron chi connectivity index (χ2n) is 5.50. The van der Waals surface area contributed by atoms with Crippen molar-refractivity contribution in [3.05, 3.63) is 12.4 Å². The van der Waals surface area contributed by atoms with E-state index in [1.54, 1.807) is 7.11 Å². The maximum atomic E-state index is 5.04. The Morgan fingerprint density at radius 2 is 2.39 bits per heavy atom. The van der Waals surface area contributed by atoms with E-state index in [1.807, 2.05) is 10.9 Å². The molecule has 0 saturated heterocycles. The van der Waals surface area contributed by atoms with Crippen LogP contribution in [0.5, 0.6) is 0 Å². The summed E-state index contributed by atoms with van der Waals surface area (Å²) in [5.74, 6) is 1.73. The van der Waals surface area contributed by atoms with Crippen LogP contribution >= 0.6 is 0 Å². The molecule has 0 amide bonds. The highest BCUT2D eigenvalue weighted by molar-refractivity contribution is 5.38. The van der Waals surface area contributed by atoms with Crippen molar-refractivity contribution in [1.82, 2.24) is 9.78 Å². The molecular formula is C14H25N3O. The van der Waals surface area contributed by atoms with Gasteiger partial charge in [-0.15, -0.1) is 0 Å². The van der Waals surface area contributed by atoms with Crippen molar-refractivity contribution in [2.24, 2.45) is 11.8 Å². The molecule has 1 aliphatic carbocycles. The van der Waals surface area contributed by atoms with E-state index in [0.29, 0.717) is 6.61 Å². The van der Waals surface area contributed by atoms with Gasteiger partial charge in [0.1, 0.15) is 0 Å². The van der Waals surface area contributed by atoms with Gasteiger partial charge in [0.2, 0.25) is 0 Å². The first kappa shape index (κ1) is 13.4. The zero-order valence-electron chi connectivity index (χ0n) is 11.6. The molecule has 102 valence electrons. The summed E-state index contributed by atoms with van der Waals surface area (Å²) < 4.78 is 6.97. The van der Waals surface area contributed by atoms with Gasteiger partial charge in [0.05, 0.1) is 25.0 Å². The third-order valence-corrected chi connectivity index (χ3v) is 3.80. The third-order valence-electron chi connectivity index (χ3n) is 3.80. The highest BCUT2D eigenvalue weighted by Crippen LogP contribution is 2.28. The maximum absolute atomic E-state index is 5.04. The topological polar surface area (TPSA) is 39.1 Å². The molecule has 1 aliphatic rings. The van der Waals surface area contributed by atoms with Crippen molar-refractivity contribution in [1.29, 1.82) is 0 Å². The molecule has 4 heteroatoms. The summed E-state index contributed by atoms with van der Waals surface area (Å²) in [6.45, 7) is 4.98. The van der Waals surface area contributed by atoms with E-state index in [4.69, 9.17) is 4.74 Å². The first-order valence-corrected chi connectivity index (χ1v) is 7.03. The Kier molecular flexibility index (Phi) is 5.05. The smallest absolute Gasteiger partial charge is 0.0726 e. The lowest BCUT2D eigenvalue weighted by molar-refractivity contribution is 0.183. The molecule has 2 atom stereocenters. The van der Waals surface area contributed by atoms with Crippen LogP contribution in [0.15, 0.2) is 12.4 Å². The van der Waals surface area contributed by atoms with Crippen LogP contribution in [0.3, 0.4) is 0 Å². The fourth-order valence-corrected chi connectivity index (χ4v) is 2.77. The van der Waals surface area contributed by atoms with E-state index in [-0.39, 0.29) is 0 Å². The fraction of sp³-hybridized carbons (Fsp3) is 0.786.